The molecule has 2 amide bonds. The van der Waals surface area contributed by atoms with Gasteiger partial charge in [-0.25, -0.2) is 22.6 Å². The van der Waals surface area contributed by atoms with Crippen LogP contribution < -0.4 is 5.32 Å². The van der Waals surface area contributed by atoms with Crippen LogP contribution in [0.15, 0.2) is 30.3 Å². The van der Waals surface area contributed by atoms with E-state index < -0.39 is 47.9 Å². The lowest BCUT2D eigenvalue weighted by Gasteiger charge is -2.36. The van der Waals surface area contributed by atoms with Crippen LogP contribution in [0.3, 0.4) is 0 Å². The molecule has 1 aliphatic rings. The van der Waals surface area contributed by atoms with Gasteiger partial charge >= 0.3 is 12.2 Å². The van der Waals surface area contributed by atoms with Gasteiger partial charge in [0, 0.05) is 12.8 Å². The highest BCUT2D eigenvalue weighted by molar-refractivity contribution is 7.79. The van der Waals surface area contributed by atoms with Crippen molar-refractivity contribution in [3.8, 4) is 0 Å². The summed E-state index contributed by atoms with van der Waals surface area (Å²) in [6.07, 6.45) is -0.954. The molecule has 1 saturated heterocycles. The molecule has 1 aliphatic heterocycles. The van der Waals surface area contributed by atoms with E-state index in [-0.39, 0.29) is 26.2 Å². The standard InChI is InChI=1S/C18H24F2N2O6S/c1-3-26-16(24)22-10-9-17(12-22,18(19,20)13-28-29(2)25)21-15(23)27-11-14-7-5-4-6-8-14/h4-8H,3,9-13H2,1-2H3,(H,21,23). The van der Waals surface area contributed by atoms with Gasteiger partial charge in [-0.15, -0.1) is 0 Å². The van der Waals surface area contributed by atoms with Crippen LogP contribution in [-0.2, 0) is 31.3 Å². The van der Waals surface area contributed by atoms with Crippen LogP contribution in [0.1, 0.15) is 18.9 Å². The van der Waals surface area contributed by atoms with E-state index in [9.17, 15) is 22.6 Å². The fraction of sp³-hybridized carbons (Fsp3) is 0.556. The zero-order valence-electron chi connectivity index (χ0n) is 16.2. The molecular formula is C18H24F2N2O6S. The summed E-state index contributed by atoms with van der Waals surface area (Å²) in [5.41, 5.74) is -1.46. The quantitative estimate of drug-likeness (QED) is 0.676. The zero-order valence-corrected chi connectivity index (χ0v) is 17.0. The van der Waals surface area contributed by atoms with Gasteiger partial charge in [0.05, 0.1) is 13.2 Å². The van der Waals surface area contributed by atoms with Crippen molar-refractivity contribution in [2.24, 2.45) is 0 Å². The van der Waals surface area contributed by atoms with Crippen molar-refractivity contribution >= 4 is 23.3 Å². The molecule has 162 valence electrons. The monoisotopic (exact) mass is 434 g/mol. The Morgan fingerprint density at radius 3 is 2.59 bits per heavy atom. The Hall–Kier alpha value is -2.27. The van der Waals surface area contributed by atoms with Crippen molar-refractivity contribution in [2.45, 2.75) is 31.4 Å². The third kappa shape index (κ3) is 6.10. The summed E-state index contributed by atoms with van der Waals surface area (Å²) in [6.45, 7) is -0.165. The first kappa shape index (κ1) is 23.0. The van der Waals surface area contributed by atoms with Gasteiger partial charge in [-0.3, -0.25) is 4.18 Å². The minimum atomic E-state index is -3.62. The third-order valence-electron chi connectivity index (χ3n) is 4.46. The van der Waals surface area contributed by atoms with Crippen molar-refractivity contribution in [1.29, 1.82) is 0 Å². The first-order chi connectivity index (χ1) is 13.7. The maximum atomic E-state index is 15.0. The maximum Gasteiger partial charge on any atom is 0.409 e. The van der Waals surface area contributed by atoms with Crippen molar-refractivity contribution in [3.05, 3.63) is 35.9 Å². The van der Waals surface area contributed by atoms with Gasteiger partial charge in [0.2, 0.25) is 0 Å². The number of hydrogen-bond acceptors (Lipinski definition) is 6. The molecule has 0 bridgehead atoms. The second-order valence-corrected chi connectivity index (χ2v) is 7.55. The van der Waals surface area contributed by atoms with Crippen molar-refractivity contribution in [1.82, 2.24) is 10.2 Å². The Labute approximate surface area is 170 Å². The third-order valence-corrected chi connectivity index (χ3v) is 4.91. The minimum Gasteiger partial charge on any atom is -0.450 e. The van der Waals surface area contributed by atoms with Gasteiger partial charge in [0.15, 0.2) is 11.1 Å². The highest BCUT2D eigenvalue weighted by Crippen LogP contribution is 2.37. The van der Waals surface area contributed by atoms with Crippen LogP contribution in [0.25, 0.3) is 0 Å². The lowest BCUT2D eigenvalue weighted by Crippen LogP contribution is -2.64. The predicted octanol–water partition coefficient (Wildman–Crippen LogP) is 2.46. The Morgan fingerprint density at radius 2 is 1.97 bits per heavy atom. The fourth-order valence-electron chi connectivity index (χ4n) is 2.92. The number of carbonyl (C=O) groups is 2. The normalized spacial score (nSPS) is 20.2. The number of amides is 2. The summed E-state index contributed by atoms with van der Waals surface area (Å²) in [5, 5.41) is 2.21. The van der Waals surface area contributed by atoms with Crippen LogP contribution >= 0.6 is 0 Å². The Bertz CT molecular complexity index is 736. The van der Waals surface area contributed by atoms with Gasteiger partial charge < -0.3 is 19.7 Å². The molecule has 2 unspecified atom stereocenters. The summed E-state index contributed by atoms with van der Waals surface area (Å²) in [6, 6.07) is 8.74. The highest BCUT2D eigenvalue weighted by atomic mass is 32.2. The highest BCUT2D eigenvalue weighted by Gasteiger charge is 2.59. The number of alkyl carbamates (subject to hydrolysis) is 1. The number of ether oxygens (including phenoxy) is 2. The van der Waals surface area contributed by atoms with Crippen molar-refractivity contribution in [2.75, 3.05) is 32.6 Å². The average molecular weight is 434 g/mol. The summed E-state index contributed by atoms with van der Waals surface area (Å²) >= 11 is -1.92. The van der Waals surface area contributed by atoms with Gasteiger partial charge in [-0.05, 0) is 18.9 Å². The number of hydrogen-bond donors (Lipinski definition) is 1. The number of benzene rings is 1. The molecule has 2 atom stereocenters. The Morgan fingerprint density at radius 1 is 1.28 bits per heavy atom. The molecule has 1 N–H and O–H groups in total. The fourth-order valence-corrected chi connectivity index (χ4v) is 3.24. The number of carbonyl (C=O) groups excluding carboxylic acids is 2. The molecule has 29 heavy (non-hydrogen) atoms. The van der Waals surface area contributed by atoms with Crippen LogP contribution in [0.5, 0.6) is 0 Å². The molecule has 1 heterocycles. The first-order valence-corrected chi connectivity index (χ1v) is 10.4. The van der Waals surface area contributed by atoms with Crippen molar-refractivity contribution in [3.63, 3.8) is 0 Å². The second kappa shape index (κ2) is 9.97. The molecule has 11 heteroatoms. The Kier molecular flexibility index (Phi) is 7.91. The number of halogens is 2. The van der Waals surface area contributed by atoms with E-state index in [1.807, 2.05) is 0 Å². The average Bonchev–Trinajstić information content (AvgIpc) is 3.12. The van der Waals surface area contributed by atoms with E-state index >= 15 is 0 Å². The SMILES string of the molecule is CCOC(=O)N1CCC(NC(=O)OCc2ccccc2)(C(F)(F)COS(C)=O)C1. The summed E-state index contributed by atoms with van der Waals surface area (Å²) in [7, 11) is 0. The van der Waals surface area contributed by atoms with Gasteiger partial charge in [-0.2, -0.15) is 0 Å². The van der Waals surface area contributed by atoms with Crippen LogP contribution in [-0.4, -0.2) is 65.3 Å². The van der Waals surface area contributed by atoms with Gasteiger partial charge in [-0.1, -0.05) is 30.3 Å². The van der Waals surface area contributed by atoms with Crippen molar-refractivity contribution < 1.29 is 36.2 Å². The summed E-state index contributed by atoms with van der Waals surface area (Å²) < 4.78 is 55.6. The molecule has 0 saturated carbocycles. The minimum absolute atomic E-state index is 0.0530. The zero-order chi connectivity index (χ0) is 21.5. The number of nitrogens with zero attached hydrogens (tertiary/aromatic N) is 1. The largest absolute Gasteiger partial charge is 0.450 e. The Balaban J connectivity index is 2.13. The molecule has 1 aromatic rings. The number of alkyl halides is 2. The summed E-state index contributed by atoms with van der Waals surface area (Å²) in [5.74, 6) is -3.62. The molecule has 2 rings (SSSR count). The molecule has 0 aliphatic carbocycles. The van der Waals surface area contributed by atoms with Crippen LogP contribution in [0.4, 0.5) is 18.4 Å². The number of rotatable bonds is 8. The van der Waals surface area contributed by atoms with E-state index in [2.05, 4.69) is 9.50 Å². The molecule has 0 radical (unpaired) electrons. The van der Waals surface area contributed by atoms with E-state index in [1.54, 1.807) is 37.3 Å². The van der Waals surface area contributed by atoms with E-state index in [0.717, 1.165) is 11.2 Å². The van der Waals surface area contributed by atoms with Gasteiger partial charge in [0.1, 0.15) is 18.8 Å². The lowest BCUT2D eigenvalue weighted by atomic mass is 9.90. The molecule has 1 aromatic carbocycles. The van der Waals surface area contributed by atoms with Gasteiger partial charge in [0.25, 0.3) is 5.92 Å². The maximum absolute atomic E-state index is 15.0. The summed E-state index contributed by atoms with van der Waals surface area (Å²) in [4.78, 5) is 25.3. The molecule has 0 spiro atoms. The van der Waals surface area contributed by atoms with E-state index in [1.165, 1.54) is 0 Å². The molecule has 8 nitrogen and oxygen atoms in total. The molecular weight excluding hydrogens is 410 g/mol. The number of likely N-dealkylation sites (tertiary alicyclic amines) is 1. The first-order valence-electron chi connectivity index (χ1n) is 8.94. The smallest absolute Gasteiger partial charge is 0.409 e. The van der Waals surface area contributed by atoms with E-state index in [0.29, 0.717) is 5.56 Å². The van der Waals surface area contributed by atoms with E-state index in [4.69, 9.17) is 9.47 Å². The lowest BCUT2D eigenvalue weighted by molar-refractivity contribution is -0.109. The molecule has 0 aromatic heterocycles. The van der Waals surface area contributed by atoms with Crippen LogP contribution in [0.2, 0.25) is 0 Å². The van der Waals surface area contributed by atoms with Crippen LogP contribution in [0, 0.1) is 0 Å². The predicted molar refractivity (Wildman–Crippen MR) is 101 cm³/mol. The second-order valence-electron chi connectivity index (χ2n) is 6.51. The number of nitrogens with one attached hydrogen (secondary N) is 1. The topological polar surface area (TPSA) is 94.2 Å². The molecule has 1 fully saturated rings.